The highest BCUT2D eigenvalue weighted by atomic mass is 32.2. The van der Waals surface area contributed by atoms with Crippen molar-refractivity contribution in [3.8, 4) is 16.9 Å². The largest absolute Gasteiger partial charge is 0.489 e. The van der Waals surface area contributed by atoms with Gasteiger partial charge >= 0.3 is 0 Å². The first kappa shape index (κ1) is 24.9. The molecule has 0 spiro atoms. The summed E-state index contributed by atoms with van der Waals surface area (Å²) in [5.41, 5.74) is 1.90. The van der Waals surface area contributed by atoms with Crippen LogP contribution in [0.2, 0.25) is 0 Å². The van der Waals surface area contributed by atoms with Gasteiger partial charge in [-0.1, -0.05) is 0 Å². The first-order valence-electron chi connectivity index (χ1n) is 12.2. The van der Waals surface area contributed by atoms with E-state index >= 15 is 0 Å². The highest BCUT2D eigenvalue weighted by Crippen LogP contribution is 2.35. The molecule has 10 nitrogen and oxygen atoms in total. The Labute approximate surface area is 210 Å². The molecule has 36 heavy (non-hydrogen) atoms. The molecule has 2 aliphatic heterocycles. The van der Waals surface area contributed by atoms with Gasteiger partial charge in [0.05, 0.1) is 30.5 Å². The van der Waals surface area contributed by atoms with Gasteiger partial charge < -0.3 is 18.5 Å². The second-order valence-corrected chi connectivity index (χ2v) is 11.7. The predicted molar refractivity (Wildman–Crippen MR) is 135 cm³/mol. The summed E-state index contributed by atoms with van der Waals surface area (Å²) in [6.07, 6.45) is 8.44. The van der Waals surface area contributed by atoms with Crippen molar-refractivity contribution in [2.45, 2.75) is 38.5 Å². The van der Waals surface area contributed by atoms with E-state index in [9.17, 15) is 13.2 Å². The molecule has 0 saturated carbocycles. The third kappa shape index (κ3) is 5.06. The number of rotatable bonds is 7. The molecule has 0 aliphatic carbocycles. The molecule has 0 N–H and O–H groups in total. The van der Waals surface area contributed by atoms with Crippen molar-refractivity contribution in [1.29, 1.82) is 0 Å². The summed E-state index contributed by atoms with van der Waals surface area (Å²) in [6, 6.07) is 3.67. The Morgan fingerprint density at radius 3 is 2.81 bits per heavy atom. The Kier molecular flexibility index (Phi) is 6.90. The Morgan fingerprint density at radius 1 is 1.25 bits per heavy atom. The zero-order chi connectivity index (χ0) is 25.4. The number of aryl methyl sites for hydroxylation is 1. The monoisotopic (exact) mass is 516 g/mol. The third-order valence-corrected chi connectivity index (χ3v) is 8.25. The normalized spacial score (nSPS) is 21.9. The van der Waals surface area contributed by atoms with Crippen molar-refractivity contribution in [1.82, 2.24) is 18.8 Å². The van der Waals surface area contributed by atoms with Crippen molar-refractivity contribution in [2.24, 2.45) is 7.05 Å². The minimum absolute atomic E-state index is 0.0157. The van der Waals surface area contributed by atoms with Crippen LogP contribution in [0, 0.1) is 0 Å². The summed E-state index contributed by atoms with van der Waals surface area (Å²) in [4.78, 5) is 19.4. The van der Waals surface area contributed by atoms with E-state index in [1.165, 1.54) is 10.6 Å². The fourth-order valence-corrected chi connectivity index (χ4v) is 5.85. The zero-order valence-electron chi connectivity index (χ0n) is 20.8. The summed E-state index contributed by atoms with van der Waals surface area (Å²) in [7, 11) is -1.50. The van der Waals surface area contributed by atoms with E-state index in [0.29, 0.717) is 55.3 Å². The number of hydrogen-bond donors (Lipinski definition) is 0. The van der Waals surface area contributed by atoms with Gasteiger partial charge in [0.25, 0.3) is 5.56 Å². The fraction of sp³-hybridized carbons (Fsp3) is 0.520. The molecule has 194 valence electrons. The smallest absolute Gasteiger partial charge is 0.261 e. The van der Waals surface area contributed by atoms with E-state index < -0.39 is 10.0 Å². The molecule has 5 rings (SSSR count). The molecule has 11 heteroatoms. The first-order chi connectivity index (χ1) is 17.2. The molecule has 2 aliphatic rings. The number of nitrogens with zero attached hydrogens (tertiary/aromatic N) is 4. The van der Waals surface area contributed by atoms with E-state index in [0.717, 1.165) is 30.6 Å². The van der Waals surface area contributed by atoms with Crippen LogP contribution in [0.5, 0.6) is 5.75 Å². The molecule has 0 amide bonds. The first-order valence-corrected chi connectivity index (χ1v) is 14.1. The van der Waals surface area contributed by atoms with Crippen molar-refractivity contribution in [2.75, 3.05) is 39.1 Å². The molecule has 5 heterocycles. The molecule has 3 aromatic rings. The highest BCUT2D eigenvalue weighted by molar-refractivity contribution is 7.88. The molecule has 0 radical (unpaired) electrons. The van der Waals surface area contributed by atoms with Crippen LogP contribution in [-0.2, 0) is 28.4 Å². The second kappa shape index (κ2) is 9.97. The Bertz CT molecular complexity index is 1410. The van der Waals surface area contributed by atoms with Crippen LogP contribution >= 0.6 is 0 Å². The number of aromatic nitrogens is 2. The number of fused-ring (bicyclic) bond motifs is 1. The standard InChI is InChI=1S/C25H32N4O6S/c1-17-13-29(36(3,31)32)9-8-28(17)14-19-11-21-24(35-19)22(15-27(2)25(21)30)20-6-7-26-12-23(20)34-16-18-5-4-10-33-18/h6-7,11-12,15,17-18H,4-5,8-10,13-14,16H2,1-3H3. The van der Waals surface area contributed by atoms with Gasteiger partial charge in [0.15, 0.2) is 0 Å². The van der Waals surface area contributed by atoms with Crippen LogP contribution < -0.4 is 10.3 Å². The Morgan fingerprint density at radius 2 is 2.08 bits per heavy atom. The van der Waals surface area contributed by atoms with Crippen molar-refractivity contribution >= 4 is 21.0 Å². The lowest BCUT2D eigenvalue weighted by Gasteiger charge is -2.38. The maximum absolute atomic E-state index is 13.0. The molecular weight excluding hydrogens is 484 g/mol. The van der Waals surface area contributed by atoms with Crippen molar-refractivity contribution in [3.05, 3.63) is 46.8 Å². The summed E-state index contributed by atoms with van der Waals surface area (Å²) in [6.45, 7) is 5.11. The predicted octanol–water partition coefficient (Wildman–Crippen LogP) is 2.22. The number of hydrogen-bond acceptors (Lipinski definition) is 8. The van der Waals surface area contributed by atoms with E-state index in [2.05, 4.69) is 9.88 Å². The van der Waals surface area contributed by atoms with Crippen molar-refractivity contribution < 1.29 is 22.3 Å². The number of ether oxygens (including phenoxy) is 2. The van der Waals surface area contributed by atoms with Gasteiger partial charge in [-0.05, 0) is 31.9 Å². The van der Waals surface area contributed by atoms with Gasteiger partial charge in [-0.15, -0.1) is 0 Å². The van der Waals surface area contributed by atoms with Gasteiger partial charge in [0, 0.05) is 62.9 Å². The van der Waals surface area contributed by atoms with E-state index in [4.69, 9.17) is 13.9 Å². The number of sulfonamides is 1. The van der Waals surface area contributed by atoms with Crippen LogP contribution in [-0.4, -0.2) is 78.4 Å². The number of furan rings is 1. The molecule has 0 aromatic carbocycles. The topological polar surface area (TPSA) is 107 Å². The van der Waals surface area contributed by atoms with E-state index in [-0.39, 0.29) is 17.7 Å². The third-order valence-electron chi connectivity index (χ3n) is 6.98. The van der Waals surface area contributed by atoms with Crippen LogP contribution in [0.4, 0.5) is 0 Å². The summed E-state index contributed by atoms with van der Waals surface area (Å²) < 4.78 is 45.0. The second-order valence-electron chi connectivity index (χ2n) is 9.67. The van der Waals surface area contributed by atoms with E-state index in [1.54, 1.807) is 36.3 Å². The molecule has 0 bridgehead atoms. The van der Waals surface area contributed by atoms with Gasteiger partial charge in [-0.2, -0.15) is 4.31 Å². The Hall–Kier alpha value is -2.73. The summed E-state index contributed by atoms with van der Waals surface area (Å²) in [5.74, 6) is 1.27. The summed E-state index contributed by atoms with van der Waals surface area (Å²) >= 11 is 0. The lowest BCUT2D eigenvalue weighted by atomic mass is 10.1. The molecular formula is C25H32N4O6S. The van der Waals surface area contributed by atoms with Crippen LogP contribution in [0.3, 0.4) is 0 Å². The van der Waals surface area contributed by atoms with Gasteiger partial charge in [0.1, 0.15) is 23.7 Å². The maximum Gasteiger partial charge on any atom is 0.261 e. The molecule has 3 aromatic heterocycles. The fourth-order valence-electron chi connectivity index (χ4n) is 4.95. The lowest BCUT2D eigenvalue weighted by Crippen LogP contribution is -2.52. The molecule has 2 saturated heterocycles. The van der Waals surface area contributed by atoms with Crippen molar-refractivity contribution in [3.63, 3.8) is 0 Å². The molecule has 2 fully saturated rings. The van der Waals surface area contributed by atoms with E-state index in [1.807, 2.05) is 13.0 Å². The lowest BCUT2D eigenvalue weighted by molar-refractivity contribution is 0.0680. The van der Waals surface area contributed by atoms with Crippen LogP contribution in [0.1, 0.15) is 25.5 Å². The quantitative estimate of drug-likeness (QED) is 0.471. The number of pyridine rings is 2. The zero-order valence-corrected chi connectivity index (χ0v) is 21.7. The average molecular weight is 517 g/mol. The molecule has 2 unspecified atom stereocenters. The average Bonchev–Trinajstić information content (AvgIpc) is 3.51. The van der Waals surface area contributed by atoms with Gasteiger partial charge in [-0.25, -0.2) is 8.42 Å². The summed E-state index contributed by atoms with van der Waals surface area (Å²) in [5, 5.41) is 0.495. The SMILES string of the molecule is CC1CN(S(C)(=O)=O)CCN1Cc1cc2c(=O)n(C)cc(-c3ccncc3OCC3CCCO3)c2o1. The minimum Gasteiger partial charge on any atom is -0.489 e. The maximum atomic E-state index is 13.0. The van der Waals surface area contributed by atoms with Crippen LogP contribution in [0.15, 0.2) is 39.9 Å². The minimum atomic E-state index is -3.22. The molecule has 2 atom stereocenters. The van der Waals surface area contributed by atoms with Gasteiger partial charge in [0.2, 0.25) is 10.0 Å². The Balaban J connectivity index is 1.44. The number of piperazine rings is 1. The highest BCUT2D eigenvalue weighted by Gasteiger charge is 2.29. The van der Waals surface area contributed by atoms with Gasteiger partial charge in [-0.3, -0.25) is 14.7 Å². The van der Waals surface area contributed by atoms with Crippen LogP contribution in [0.25, 0.3) is 22.1 Å².